The Bertz CT molecular complexity index is 293. The topological polar surface area (TPSA) is 56.0 Å². The molecule has 0 aliphatic heterocycles. The Morgan fingerprint density at radius 1 is 1.43 bits per heavy atom. The van der Waals surface area contributed by atoms with E-state index in [0.29, 0.717) is 5.56 Å². The lowest BCUT2D eigenvalue weighted by atomic mass is 10.1. The lowest BCUT2D eigenvalue weighted by molar-refractivity contribution is 0.1000. The summed E-state index contributed by atoms with van der Waals surface area (Å²) < 4.78 is 0. The number of rotatable bonds is 5. The summed E-state index contributed by atoms with van der Waals surface area (Å²) in [7, 11) is 0. The summed E-state index contributed by atoms with van der Waals surface area (Å²) in [5.74, 6) is -0.419. The standard InChI is InChI=1S/C11H16N2O/c1-2-3-4-5-10-7-6-9(8-13-10)11(12)14/h6-8H,2-5H2,1H3,(H2,12,14). The van der Waals surface area contributed by atoms with E-state index in [9.17, 15) is 4.79 Å². The highest BCUT2D eigenvalue weighted by atomic mass is 16.1. The summed E-state index contributed by atoms with van der Waals surface area (Å²) in [6, 6.07) is 3.60. The van der Waals surface area contributed by atoms with E-state index in [-0.39, 0.29) is 0 Å². The van der Waals surface area contributed by atoms with Crippen molar-refractivity contribution in [2.45, 2.75) is 32.6 Å². The fourth-order valence-corrected chi connectivity index (χ4v) is 1.27. The summed E-state index contributed by atoms with van der Waals surface area (Å²) in [5.41, 5.74) is 6.61. The number of unbranched alkanes of at least 4 members (excludes halogenated alkanes) is 2. The number of pyridine rings is 1. The Hall–Kier alpha value is -1.38. The molecule has 0 fully saturated rings. The number of nitrogens with zero attached hydrogens (tertiary/aromatic N) is 1. The second-order valence-electron chi connectivity index (χ2n) is 3.36. The number of aromatic nitrogens is 1. The van der Waals surface area contributed by atoms with Crippen molar-refractivity contribution < 1.29 is 4.79 Å². The van der Waals surface area contributed by atoms with E-state index in [1.165, 1.54) is 12.8 Å². The fourth-order valence-electron chi connectivity index (χ4n) is 1.27. The molecule has 0 bridgehead atoms. The van der Waals surface area contributed by atoms with Gasteiger partial charge in [0.2, 0.25) is 5.91 Å². The van der Waals surface area contributed by atoms with E-state index in [1.54, 1.807) is 12.3 Å². The highest BCUT2D eigenvalue weighted by Gasteiger charge is 2.00. The van der Waals surface area contributed by atoms with Crippen molar-refractivity contribution in [1.29, 1.82) is 0 Å². The van der Waals surface area contributed by atoms with Crippen LogP contribution < -0.4 is 5.73 Å². The van der Waals surface area contributed by atoms with E-state index >= 15 is 0 Å². The minimum atomic E-state index is -0.419. The van der Waals surface area contributed by atoms with Crippen LogP contribution in [0, 0.1) is 0 Å². The zero-order valence-electron chi connectivity index (χ0n) is 8.49. The van der Waals surface area contributed by atoms with Crippen LogP contribution >= 0.6 is 0 Å². The van der Waals surface area contributed by atoms with E-state index in [2.05, 4.69) is 11.9 Å². The number of hydrogen-bond acceptors (Lipinski definition) is 2. The maximum atomic E-state index is 10.8. The average molecular weight is 192 g/mol. The quantitative estimate of drug-likeness (QED) is 0.724. The molecule has 0 radical (unpaired) electrons. The minimum Gasteiger partial charge on any atom is -0.366 e. The third-order valence-electron chi connectivity index (χ3n) is 2.15. The minimum absolute atomic E-state index is 0.419. The summed E-state index contributed by atoms with van der Waals surface area (Å²) >= 11 is 0. The molecule has 3 nitrogen and oxygen atoms in total. The van der Waals surface area contributed by atoms with Crippen LogP contribution in [-0.2, 0) is 6.42 Å². The van der Waals surface area contributed by atoms with Crippen LogP contribution in [0.3, 0.4) is 0 Å². The van der Waals surface area contributed by atoms with Gasteiger partial charge in [0.25, 0.3) is 0 Å². The third kappa shape index (κ3) is 3.17. The van der Waals surface area contributed by atoms with Gasteiger partial charge in [-0.15, -0.1) is 0 Å². The number of hydrogen-bond donors (Lipinski definition) is 1. The Morgan fingerprint density at radius 2 is 2.21 bits per heavy atom. The van der Waals surface area contributed by atoms with Crippen LogP contribution in [-0.4, -0.2) is 10.9 Å². The third-order valence-corrected chi connectivity index (χ3v) is 2.15. The van der Waals surface area contributed by atoms with E-state index in [1.807, 2.05) is 6.07 Å². The average Bonchev–Trinajstić information content (AvgIpc) is 2.19. The molecular formula is C11H16N2O. The van der Waals surface area contributed by atoms with E-state index in [4.69, 9.17) is 5.73 Å². The van der Waals surface area contributed by atoms with Crippen LogP contribution in [0.5, 0.6) is 0 Å². The van der Waals surface area contributed by atoms with Gasteiger partial charge in [-0.25, -0.2) is 0 Å². The number of amides is 1. The van der Waals surface area contributed by atoms with Gasteiger partial charge in [0.15, 0.2) is 0 Å². The van der Waals surface area contributed by atoms with Crippen molar-refractivity contribution in [2.75, 3.05) is 0 Å². The summed E-state index contributed by atoms with van der Waals surface area (Å²) in [6.45, 7) is 2.17. The first-order valence-corrected chi connectivity index (χ1v) is 4.98. The van der Waals surface area contributed by atoms with Crippen molar-refractivity contribution in [2.24, 2.45) is 5.73 Å². The highest BCUT2D eigenvalue weighted by Crippen LogP contribution is 2.05. The molecule has 0 aliphatic carbocycles. The second-order valence-corrected chi connectivity index (χ2v) is 3.36. The first kappa shape index (κ1) is 10.7. The summed E-state index contributed by atoms with van der Waals surface area (Å²) in [5, 5.41) is 0. The molecule has 0 saturated heterocycles. The number of primary amides is 1. The monoisotopic (exact) mass is 192 g/mol. The van der Waals surface area contributed by atoms with Crippen molar-refractivity contribution >= 4 is 5.91 Å². The fraction of sp³-hybridized carbons (Fsp3) is 0.455. The van der Waals surface area contributed by atoms with Gasteiger partial charge in [0.05, 0.1) is 5.56 Å². The Kier molecular flexibility index (Phi) is 4.11. The normalized spacial score (nSPS) is 10.1. The van der Waals surface area contributed by atoms with Crippen LogP contribution in [0.1, 0.15) is 42.2 Å². The van der Waals surface area contributed by atoms with Gasteiger partial charge in [0, 0.05) is 11.9 Å². The molecule has 3 heteroatoms. The zero-order valence-corrected chi connectivity index (χ0v) is 8.49. The van der Waals surface area contributed by atoms with Gasteiger partial charge in [0.1, 0.15) is 0 Å². The lowest BCUT2D eigenvalue weighted by Gasteiger charge is -2.00. The van der Waals surface area contributed by atoms with Gasteiger partial charge in [-0.3, -0.25) is 9.78 Å². The predicted molar refractivity (Wildman–Crippen MR) is 56.0 cm³/mol. The van der Waals surface area contributed by atoms with E-state index < -0.39 is 5.91 Å². The van der Waals surface area contributed by atoms with Crippen LogP contribution in [0.4, 0.5) is 0 Å². The molecule has 0 atom stereocenters. The molecule has 0 aliphatic rings. The van der Waals surface area contributed by atoms with E-state index in [0.717, 1.165) is 18.5 Å². The maximum absolute atomic E-state index is 10.8. The van der Waals surface area contributed by atoms with Crippen LogP contribution in [0.2, 0.25) is 0 Å². The zero-order chi connectivity index (χ0) is 10.4. The molecular weight excluding hydrogens is 176 g/mol. The maximum Gasteiger partial charge on any atom is 0.250 e. The Labute approximate surface area is 84.3 Å². The number of carbonyl (C=O) groups is 1. The number of aryl methyl sites for hydroxylation is 1. The Balaban J connectivity index is 2.51. The van der Waals surface area contributed by atoms with Gasteiger partial charge in [-0.05, 0) is 25.0 Å². The molecule has 0 aromatic carbocycles. The molecule has 0 spiro atoms. The molecule has 1 aromatic rings. The highest BCUT2D eigenvalue weighted by molar-refractivity contribution is 5.92. The first-order chi connectivity index (χ1) is 6.74. The molecule has 0 saturated carbocycles. The number of carbonyl (C=O) groups excluding carboxylic acids is 1. The van der Waals surface area contributed by atoms with Crippen molar-refractivity contribution in [3.05, 3.63) is 29.6 Å². The van der Waals surface area contributed by atoms with Crippen LogP contribution in [0.25, 0.3) is 0 Å². The molecule has 0 unspecified atom stereocenters. The molecule has 14 heavy (non-hydrogen) atoms. The largest absolute Gasteiger partial charge is 0.366 e. The van der Waals surface area contributed by atoms with Gasteiger partial charge < -0.3 is 5.73 Å². The molecule has 1 aromatic heterocycles. The predicted octanol–water partition coefficient (Wildman–Crippen LogP) is 1.91. The van der Waals surface area contributed by atoms with Crippen molar-refractivity contribution in [1.82, 2.24) is 4.98 Å². The molecule has 76 valence electrons. The van der Waals surface area contributed by atoms with Gasteiger partial charge in [-0.2, -0.15) is 0 Å². The first-order valence-electron chi connectivity index (χ1n) is 4.98. The Morgan fingerprint density at radius 3 is 2.71 bits per heavy atom. The smallest absolute Gasteiger partial charge is 0.250 e. The van der Waals surface area contributed by atoms with Gasteiger partial charge >= 0.3 is 0 Å². The summed E-state index contributed by atoms with van der Waals surface area (Å²) in [4.78, 5) is 14.9. The molecule has 1 amide bonds. The van der Waals surface area contributed by atoms with Crippen molar-refractivity contribution in [3.63, 3.8) is 0 Å². The second kappa shape index (κ2) is 5.37. The van der Waals surface area contributed by atoms with Crippen LogP contribution in [0.15, 0.2) is 18.3 Å². The SMILES string of the molecule is CCCCCc1ccc(C(N)=O)cn1. The molecule has 1 rings (SSSR count). The van der Waals surface area contributed by atoms with Gasteiger partial charge in [-0.1, -0.05) is 19.8 Å². The summed E-state index contributed by atoms with van der Waals surface area (Å²) in [6.07, 6.45) is 6.11. The number of nitrogens with two attached hydrogens (primary N) is 1. The molecule has 2 N–H and O–H groups in total. The van der Waals surface area contributed by atoms with Crippen molar-refractivity contribution in [3.8, 4) is 0 Å². The molecule has 1 heterocycles. The lowest BCUT2D eigenvalue weighted by Crippen LogP contribution is -2.11.